The highest BCUT2D eigenvalue weighted by Crippen LogP contribution is 2.26. The van der Waals surface area contributed by atoms with Crippen molar-refractivity contribution in [3.63, 3.8) is 0 Å². The SMILES string of the molecule is CCS(=O)(=O)N[C@H]1CCCC[C@@H]1COc1cccc(Cl)c1. The summed E-state index contributed by atoms with van der Waals surface area (Å²) >= 11 is 5.93. The Morgan fingerprint density at radius 1 is 1.33 bits per heavy atom. The van der Waals surface area contributed by atoms with Crippen molar-refractivity contribution in [1.82, 2.24) is 4.72 Å². The molecule has 0 unspecified atom stereocenters. The van der Waals surface area contributed by atoms with Crippen molar-refractivity contribution in [2.75, 3.05) is 12.4 Å². The predicted molar refractivity (Wildman–Crippen MR) is 85.3 cm³/mol. The van der Waals surface area contributed by atoms with E-state index in [4.69, 9.17) is 16.3 Å². The first-order valence-electron chi connectivity index (χ1n) is 7.38. The minimum Gasteiger partial charge on any atom is -0.493 e. The molecule has 1 saturated carbocycles. The summed E-state index contributed by atoms with van der Waals surface area (Å²) in [6.45, 7) is 2.17. The molecule has 0 amide bonds. The molecule has 21 heavy (non-hydrogen) atoms. The Hall–Kier alpha value is -0.780. The van der Waals surface area contributed by atoms with E-state index >= 15 is 0 Å². The normalized spacial score (nSPS) is 23.0. The van der Waals surface area contributed by atoms with E-state index in [-0.39, 0.29) is 17.7 Å². The summed E-state index contributed by atoms with van der Waals surface area (Å²) in [5, 5.41) is 0.638. The van der Waals surface area contributed by atoms with Crippen LogP contribution in [0.1, 0.15) is 32.6 Å². The van der Waals surface area contributed by atoms with Gasteiger partial charge in [0.05, 0.1) is 12.4 Å². The lowest BCUT2D eigenvalue weighted by Gasteiger charge is -2.31. The molecule has 1 aliphatic carbocycles. The molecule has 1 aromatic rings. The van der Waals surface area contributed by atoms with Gasteiger partial charge in [-0.15, -0.1) is 0 Å². The third-order valence-corrected chi connectivity index (χ3v) is 5.54. The van der Waals surface area contributed by atoms with Gasteiger partial charge in [0.2, 0.25) is 10.0 Å². The van der Waals surface area contributed by atoms with Crippen molar-refractivity contribution in [2.45, 2.75) is 38.6 Å². The molecular weight excluding hydrogens is 310 g/mol. The molecule has 1 N–H and O–H groups in total. The second-order valence-corrected chi connectivity index (χ2v) is 7.92. The largest absolute Gasteiger partial charge is 0.493 e. The lowest BCUT2D eigenvalue weighted by atomic mass is 9.86. The molecule has 0 aliphatic heterocycles. The van der Waals surface area contributed by atoms with Gasteiger partial charge >= 0.3 is 0 Å². The Balaban J connectivity index is 1.96. The minimum absolute atomic E-state index is 0.0251. The highest BCUT2D eigenvalue weighted by Gasteiger charge is 2.28. The van der Waals surface area contributed by atoms with E-state index < -0.39 is 10.0 Å². The van der Waals surface area contributed by atoms with Gasteiger partial charge < -0.3 is 4.74 Å². The van der Waals surface area contributed by atoms with Crippen molar-refractivity contribution < 1.29 is 13.2 Å². The van der Waals surface area contributed by atoms with Crippen LogP contribution in [0, 0.1) is 5.92 Å². The fourth-order valence-electron chi connectivity index (χ4n) is 2.64. The summed E-state index contributed by atoms with van der Waals surface area (Å²) in [6, 6.07) is 7.25. The van der Waals surface area contributed by atoms with Crippen molar-refractivity contribution in [2.24, 2.45) is 5.92 Å². The summed E-state index contributed by atoms with van der Waals surface area (Å²) < 4.78 is 32.1. The topological polar surface area (TPSA) is 55.4 Å². The van der Waals surface area contributed by atoms with Gasteiger partial charge in [-0.3, -0.25) is 0 Å². The molecule has 4 nitrogen and oxygen atoms in total. The van der Waals surface area contributed by atoms with E-state index in [0.717, 1.165) is 31.4 Å². The monoisotopic (exact) mass is 331 g/mol. The Morgan fingerprint density at radius 3 is 2.81 bits per heavy atom. The second kappa shape index (κ2) is 7.47. The van der Waals surface area contributed by atoms with Gasteiger partial charge in [-0.1, -0.05) is 30.5 Å². The van der Waals surface area contributed by atoms with E-state index in [1.165, 1.54) is 0 Å². The van der Waals surface area contributed by atoms with Gasteiger partial charge in [-0.2, -0.15) is 0 Å². The van der Waals surface area contributed by atoms with Crippen LogP contribution in [-0.2, 0) is 10.0 Å². The van der Waals surface area contributed by atoms with Crippen LogP contribution < -0.4 is 9.46 Å². The van der Waals surface area contributed by atoms with Crippen molar-refractivity contribution >= 4 is 21.6 Å². The maximum absolute atomic E-state index is 11.8. The zero-order valence-corrected chi connectivity index (χ0v) is 13.8. The molecule has 0 aromatic heterocycles. The molecule has 0 spiro atoms. The van der Waals surface area contributed by atoms with Gasteiger partial charge in [0.1, 0.15) is 5.75 Å². The highest BCUT2D eigenvalue weighted by molar-refractivity contribution is 7.89. The number of sulfonamides is 1. The molecule has 1 aliphatic rings. The van der Waals surface area contributed by atoms with Crippen LogP contribution in [0.15, 0.2) is 24.3 Å². The summed E-state index contributed by atoms with van der Waals surface area (Å²) in [4.78, 5) is 0. The van der Waals surface area contributed by atoms with E-state index in [2.05, 4.69) is 4.72 Å². The number of benzene rings is 1. The summed E-state index contributed by atoms with van der Waals surface area (Å²) in [7, 11) is -3.17. The van der Waals surface area contributed by atoms with E-state index in [9.17, 15) is 8.42 Å². The van der Waals surface area contributed by atoms with Crippen molar-refractivity contribution in [3.05, 3.63) is 29.3 Å². The number of ether oxygens (including phenoxy) is 1. The molecule has 2 atom stereocenters. The van der Waals surface area contributed by atoms with Crippen LogP contribution >= 0.6 is 11.6 Å². The number of hydrogen-bond acceptors (Lipinski definition) is 3. The number of hydrogen-bond donors (Lipinski definition) is 1. The molecule has 2 rings (SSSR count). The first-order valence-corrected chi connectivity index (χ1v) is 9.41. The third-order valence-electron chi connectivity index (χ3n) is 3.88. The van der Waals surface area contributed by atoms with Crippen LogP contribution in [0.25, 0.3) is 0 Å². The van der Waals surface area contributed by atoms with Crippen LogP contribution in [0.4, 0.5) is 0 Å². The summed E-state index contributed by atoms with van der Waals surface area (Å²) in [5.41, 5.74) is 0. The van der Waals surface area contributed by atoms with Gasteiger partial charge in [0, 0.05) is 17.0 Å². The van der Waals surface area contributed by atoms with E-state index in [0.29, 0.717) is 11.6 Å². The van der Waals surface area contributed by atoms with E-state index in [1.807, 2.05) is 12.1 Å². The Morgan fingerprint density at radius 2 is 2.10 bits per heavy atom. The first kappa shape index (κ1) is 16.6. The van der Waals surface area contributed by atoms with Crippen molar-refractivity contribution in [1.29, 1.82) is 0 Å². The summed E-state index contributed by atoms with van der Waals surface area (Å²) in [5.74, 6) is 1.05. The Bertz CT molecular complexity index is 562. The van der Waals surface area contributed by atoms with E-state index in [1.54, 1.807) is 19.1 Å². The molecule has 0 heterocycles. The maximum atomic E-state index is 11.8. The molecule has 6 heteroatoms. The zero-order valence-electron chi connectivity index (χ0n) is 12.2. The van der Waals surface area contributed by atoms with Gasteiger partial charge in [0.25, 0.3) is 0 Å². The average molecular weight is 332 g/mol. The van der Waals surface area contributed by atoms with Crippen LogP contribution in [0.5, 0.6) is 5.75 Å². The third kappa shape index (κ3) is 5.16. The predicted octanol–water partition coefficient (Wildman–Crippen LogP) is 3.22. The van der Waals surface area contributed by atoms with Gasteiger partial charge in [0.15, 0.2) is 0 Å². The zero-order chi connectivity index (χ0) is 15.3. The molecule has 0 saturated heterocycles. The minimum atomic E-state index is -3.17. The standard InChI is InChI=1S/C15H22ClNO3S/c1-2-21(18,19)17-15-9-4-3-6-12(15)11-20-14-8-5-7-13(16)10-14/h5,7-8,10,12,15,17H,2-4,6,9,11H2,1H3/t12-,15+/m1/s1. The fraction of sp³-hybridized carbons (Fsp3) is 0.600. The van der Waals surface area contributed by atoms with Crippen LogP contribution in [0.2, 0.25) is 5.02 Å². The highest BCUT2D eigenvalue weighted by atomic mass is 35.5. The molecule has 1 aromatic carbocycles. The molecular formula is C15H22ClNO3S. The average Bonchev–Trinajstić information content (AvgIpc) is 2.46. The van der Waals surface area contributed by atoms with Gasteiger partial charge in [-0.05, 0) is 38.0 Å². The lowest BCUT2D eigenvalue weighted by molar-refractivity contribution is 0.180. The van der Waals surface area contributed by atoms with Gasteiger partial charge in [-0.25, -0.2) is 13.1 Å². The molecule has 0 bridgehead atoms. The molecule has 0 radical (unpaired) electrons. The Kier molecular flexibility index (Phi) is 5.90. The quantitative estimate of drug-likeness (QED) is 0.870. The smallest absolute Gasteiger partial charge is 0.211 e. The van der Waals surface area contributed by atoms with Crippen LogP contribution in [-0.4, -0.2) is 26.8 Å². The number of halogens is 1. The first-order chi connectivity index (χ1) is 10.00. The Labute approximate surface area is 131 Å². The fourth-order valence-corrected chi connectivity index (χ4v) is 3.75. The second-order valence-electron chi connectivity index (χ2n) is 5.44. The van der Waals surface area contributed by atoms with Crippen LogP contribution in [0.3, 0.4) is 0 Å². The number of rotatable bonds is 6. The number of nitrogens with one attached hydrogen (secondary N) is 1. The van der Waals surface area contributed by atoms with Crippen molar-refractivity contribution in [3.8, 4) is 5.75 Å². The molecule has 1 fully saturated rings. The summed E-state index contributed by atoms with van der Waals surface area (Å²) in [6.07, 6.45) is 4.04. The maximum Gasteiger partial charge on any atom is 0.211 e. The lowest BCUT2D eigenvalue weighted by Crippen LogP contribution is -2.44. The molecule has 118 valence electrons.